The molecule has 0 atom stereocenters. The molecular formula is C12H13ClFN3OS. The summed E-state index contributed by atoms with van der Waals surface area (Å²) in [6.07, 6.45) is 0. The number of halogens is 2. The number of likely N-dealkylation sites (N-methyl/N-ethyl adjacent to an activating group) is 1. The fraction of sp³-hybridized carbons (Fsp3) is 0.333. The highest BCUT2D eigenvalue weighted by Gasteiger charge is 2.08. The van der Waals surface area contributed by atoms with E-state index in [9.17, 15) is 4.39 Å². The van der Waals surface area contributed by atoms with Crippen LogP contribution in [0.25, 0.3) is 0 Å². The van der Waals surface area contributed by atoms with Crippen LogP contribution in [-0.4, -0.2) is 34.7 Å². The fourth-order valence-corrected chi connectivity index (χ4v) is 2.09. The summed E-state index contributed by atoms with van der Waals surface area (Å²) >= 11 is 7.11. The van der Waals surface area contributed by atoms with Crippen LogP contribution >= 0.6 is 23.1 Å². The van der Waals surface area contributed by atoms with Crippen molar-refractivity contribution in [2.75, 3.05) is 20.2 Å². The molecule has 19 heavy (non-hydrogen) atoms. The van der Waals surface area contributed by atoms with E-state index in [2.05, 4.69) is 9.59 Å². The van der Waals surface area contributed by atoms with Crippen LogP contribution in [0.2, 0.25) is 4.34 Å². The van der Waals surface area contributed by atoms with Crippen molar-refractivity contribution in [3.63, 3.8) is 0 Å². The van der Waals surface area contributed by atoms with Gasteiger partial charge in [0.2, 0.25) is 0 Å². The minimum atomic E-state index is -0.268. The molecule has 0 N–H and O–H groups in total. The molecule has 1 aromatic carbocycles. The van der Waals surface area contributed by atoms with Crippen LogP contribution in [-0.2, 0) is 6.54 Å². The summed E-state index contributed by atoms with van der Waals surface area (Å²) in [4.78, 5) is 2.03. The molecule has 0 saturated heterocycles. The highest BCUT2D eigenvalue weighted by Crippen LogP contribution is 2.18. The molecule has 0 aliphatic heterocycles. The molecule has 2 aromatic rings. The molecule has 1 heterocycles. The Hall–Kier alpha value is -1.24. The normalized spacial score (nSPS) is 10.9. The quantitative estimate of drug-likeness (QED) is 0.822. The van der Waals surface area contributed by atoms with Gasteiger partial charge in [-0.25, -0.2) is 4.39 Å². The molecule has 0 saturated carbocycles. The van der Waals surface area contributed by atoms with E-state index in [1.807, 2.05) is 11.9 Å². The van der Waals surface area contributed by atoms with E-state index in [-0.39, 0.29) is 5.82 Å². The lowest BCUT2D eigenvalue weighted by Gasteiger charge is -2.15. The van der Waals surface area contributed by atoms with Gasteiger partial charge in [0, 0.05) is 24.6 Å². The molecule has 7 heteroatoms. The predicted molar refractivity (Wildman–Crippen MR) is 73.1 cm³/mol. The van der Waals surface area contributed by atoms with E-state index in [0.717, 1.165) is 5.69 Å². The Balaban J connectivity index is 1.73. The van der Waals surface area contributed by atoms with Crippen LogP contribution in [0.15, 0.2) is 24.3 Å². The first-order chi connectivity index (χ1) is 9.15. The Morgan fingerprint density at radius 2 is 2.11 bits per heavy atom. The first kappa shape index (κ1) is 14.2. The van der Waals surface area contributed by atoms with Gasteiger partial charge >= 0.3 is 0 Å². The van der Waals surface area contributed by atoms with Crippen molar-refractivity contribution in [1.29, 1.82) is 0 Å². The van der Waals surface area contributed by atoms with Gasteiger partial charge in [-0.2, -0.15) is 0 Å². The molecule has 1 aromatic heterocycles. The second-order valence-corrected chi connectivity index (χ2v) is 5.39. The van der Waals surface area contributed by atoms with E-state index < -0.39 is 0 Å². The maximum absolute atomic E-state index is 12.7. The lowest BCUT2D eigenvalue weighted by Crippen LogP contribution is -2.24. The Kier molecular flexibility index (Phi) is 5.07. The van der Waals surface area contributed by atoms with E-state index >= 15 is 0 Å². The van der Waals surface area contributed by atoms with E-state index in [0.29, 0.717) is 29.8 Å². The van der Waals surface area contributed by atoms with Gasteiger partial charge in [0.15, 0.2) is 0 Å². The minimum absolute atomic E-state index is 0.268. The number of ether oxygens (including phenoxy) is 1. The summed E-state index contributed by atoms with van der Waals surface area (Å²) in [6, 6.07) is 5.96. The Morgan fingerprint density at radius 1 is 1.37 bits per heavy atom. The highest BCUT2D eigenvalue weighted by atomic mass is 35.5. The third kappa shape index (κ3) is 4.41. The monoisotopic (exact) mass is 301 g/mol. The molecule has 0 fully saturated rings. The molecule has 2 rings (SSSR count). The fourth-order valence-electron chi connectivity index (χ4n) is 1.48. The first-order valence-electron chi connectivity index (χ1n) is 5.69. The number of nitrogens with zero attached hydrogens (tertiary/aromatic N) is 3. The zero-order valence-electron chi connectivity index (χ0n) is 10.3. The Labute approximate surface area is 119 Å². The molecule has 0 unspecified atom stereocenters. The Bertz CT molecular complexity index is 520. The lowest BCUT2D eigenvalue weighted by atomic mass is 10.3. The van der Waals surface area contributed by atoms with E-state index in [1.165, 1.54) is 23.7 Å². The van der Waals surface area contributed by atoms with E-state index in [4.69, 9.17) is 16.3 Å². The Morgan fingerprint density at radius 3 is 2.74 bits per heavy atom. The molecule has 0 spiro atoms. The molecule has 0 radical (unpaired) electrons. The number of rotatable bonds is 6. The van der Waals surface area contributed by atoms with Crippen LogP contribution in [0.5, 0.6) is 5.75 Å². The van der Waals surface area contributed by atoms with Gasteiger partial charge in [0.25, 0.3) is 0 Å². The molecule has 0 amide bonds. The van der Waals surface area contributed by atoms with Gasteiger partial charge < -0.3 is 4.74 Å². The van der Waals surface area contributed by atoms with Gasteiger partial charge in [-0.05, 0) is 31.3 Å². The van der Waals surface area contributed by atoms with Gasteiger partial charge in [-0.1, -0.05) is 16.1 Å². The van der Waals surface area contributed by atoms with Crippen molar-refractivity contribution in [3.8, 4) is 5.75 Å². The van der Waals surface area contributed by atoms with Crippen molar-refractivity contribution >= 4 is 23.1 Å². The average Bonchev–Trinajstić information content (AvgIpc) is 2.78. The van der Waals surface area contributed by atoms with Crippen LogP contribution < -0.4 is 4.74 Å². The summed E-state index contributed by atoms with van der Waals surface area (Å²) in [7, 11) is 1.95. The lowest BCUT2D eigenvalue weighted by molar-refractivity contribution is 0.231. The van der Waals surface area contributed by atoms with Gasteiger partial charge in [-0.3, -0.25) is 4.90 Å². The predicted octanol–water partition coefficient (Wildman–Crippen LogP) is 2.84. The van der Waals surface area contributed by atoms with Crippen LogP contribution in [0, 0.1) is 5.82 Å². The average molecular weight is 302 g/mol. The summed E-state index contributed by atoms with van der Waals surface area (Å²) in [5.41, 5.74) is 0.774. The summed E-state index contributed by atoms with van der Waals surface area (Å²) in [6.45, 7) is 1.85. The highest BCUT2D eigenvalue weighted by molar-refractivity contribution is 7.10. The molecule has 0 aliphatic rings. The maximum Gasteiger partial charge on any atom is 0.138 e. The molecule has 0 aliphatic carbocycles. The molecule has 4 nitrogen and oxygen atoms in total. The van der Waals surface area contributed by atoms with Gasteiger partial charge in [-0.15, -0.1) is 5.10 Å². The summed E-state index contributed by atoms with van der Waals surface area (Å²) in [5.74, 6) is 0.387. The van der Waals surface area contributed by atoms with Crippen LogP contribution in [0.1, 0.15) is 5.69 Å². The number of benzene rings is 1. The topological polar surface area (TPSA) is 38.2 Å². The SMILES string of the molecule is CN(CCOc1ccc(F)cc1)Cc1nnsc1Cl. The van der Waals surface area contributed by atoms with Crippen LogP contribution in [0.4, 0.5) is 4.39 Å². The second kappa shape index (κ2) is 6.79. The standard InChI is InChI=1S/C12H13ClFN3OS/c1-17(8-11-12(13)19-16-15-11)6-7-18-10-4-2-9(14)3-5-10/h2-5H,6-8H2,1H3. The number of hydrogen-bond donors (Lipinski definition) is 0. The summed E-state index contributed by atoms with van der Waals surface area (Å²) < 4.78 is 22.6. The smallest absolute Gasteiger partial charge is 0.138 e. The first-order valence-corrected chi connectivity index (χ1v) is 6.84. The van der Waals surface area contributed by atoms with Crippen molar-refractivity contribution in [2.45, 2.75) is 6.54 Å². The van der Waals surface area contributed by atoms with Gasteiger partial charge in [0.05, 0.1) is 0 Å². The van der Waals surface area contributed by atoms with Crippen molar-refractivity contribution < 1.29 is 9.13 Å². The van der Waals surface area contributed by atoms with Crippen LogP contribution in [0.3, 0.4) is 0 Å². The third-order valence-electron chi connectivity index (χ3n) is 2.48. The zero-order valence-corrected chi connectivity index (χ0v) is 11.9. The molecule has 102 valence electrons. The second-order valence-electron chi connectivity index (χ2n) is 4.03. The maximum atomic E-state index is 12.7. The molecule has 0 bridgehead atoms. The van der Waals surface area contributed by atoms with Crippen molar-refractivity contribution in [3.05, 3.63) is 40.1 Å². The number of hydrogen-bond acceptors (Lipinski definition) is 5. The van der Waals surface area contributed by atoms with E-state index in [1.54, 1.807) is 12.1 Å². The molecular weight excluding hydrogens is 289 g/mol. The minimum Gasteiger partial charge on any atom is -0.492 e. The zero-order chi connectivity index (χ0) is 13.7. The van der Waals surface area contributed by atoms with Gasteiger partial charge in [0.1, 0.15) is 28.2 Å². The number of aromatic nitrogens is 2. The largest absolute Gasteiger partial charge is 0.492 e. The van der Waals surface area contributed by atoms with Crippen molar-refractivity contribution in [1.82, 2.24) is 14.5 Å². The van der Waals surface area contributed by atoms with Crippen molar-refractivity contribution in [2.24, 2.45) is 0 Å². The summed E-state index contributed by atoms with van der Waals surface area (Å²) in [5, 5.41) is 3.94. The third-order valence-corrected chi connectivity index (χ3v) is 3.47.